The number of hydrogen-bond donors (Lipinski definition) is 1. The number of hydrogen-bond acceptors (Lipinski definition) is 1. The quantitative estimate of drug-likeness (QED) is 0.628. The van der Waals surface area contributed by atoms with Crippen LogP contribution in [0.15, 0.2) is 36.4 Å². The minimum atomic E-state index is 0.684. The van der Waals surface area contributed by atoms with Gasteiger partial charge in [0.1, 0.15) is 0 Å². The van der Waals surface area contributed by atoms with Gasteiger partial charge in [0.15, 0.2) is 4.77 Å². The molecule has 19 heavy (non-hydrogen) atoms. The van der Waals surface area contributed by atoms with Gasteiger partial charge >= 0.3 is 0 Å². The second kappa shape index (κ2) is 4.51. The third-order valence-electron chi connectivity index (χ3n) is 3.34. The van der Waals surface area contributed by atoms with Crippen molar-refractivity contribution >= 4 is 34.9 Å². The van der Waals surface area contributed by atoms with Crippen molar-refractivity contribution in [1.29, 1.82) is 0 Å². The number of H-pyrrole nitrogens is 1. The first-order valence-corrected chi connectivity index (χ1v) is 6.83. The van der Waals surface area contributed by atoms with Gasteiger partial charge in [0.25, 0.3) is 0 Å². The Labute approximate surface area is 121 Å². The predicted molar refractivity (Wildman–Crippen MR) is 82.9 cm³/mol. The van der Waals surface area contributed by atoms with Crippen LogP contribution in [0, 0.1) is 18.6 Å². The molecule has 0 saturated carbocycles. The molecule has 4 heteroatoms. The molecule has 1 aromatic heterocycles. The first kappa shape index (κ1) is 12.5. The van der Waals surface area contributed by atoms with Crippen LogP contribution in [-0.2, 0) is 0 Å². The summed E-state index contributed by atoms with van der Waals surface area (Å²) in [5, 5.41) is 0.751. The molecule has 0 amide bonds. The van der Waals surface area contributed by atoms with Gasteiger partial charge in [0.2, 0.25) is 0 Å². The summed E-state index contributed by atoms with van der Waals surface area (Å²) in [5.41, 5.74) is 5.38. The molecule has 0 radical (unpaired) electrons. The molecule has 1 N–H and O–H groups in total. The summed E-state index contributed by atoms with van der Waals surface area (Å²) >= 11 is 11.6. The lowest BCUT2D eigenvalue weighted by molar-refractivity contribution is 1.06. The van der Waals surface area contributed by atoms with Gasteiger partial charge in [-0.15, -0.1) is 0 Å². The highest BCUT2D eigenvalue weighted by molar-refractivity contribution is 7.71. The van der Waals surface area contributed by atoms with Crippen LogP contribution in [0.1, 0.15) is 11.1 Å². The highest BCUT2D eigenvalue weighted by atomic mass is 35.5. The molecule has 3 rings (SSSR count). The van der Waals surface area contributed by atoms with Crippen LogP contribution >= 0.6 is 23.8 Å². The number of rotatable bonds is 1. The highest BCUT2D eigenvalue weighted by Gasteiger charge is 2.08. The molecule has 0 aliphatic heterocycles. The molecular formula is C15H13ClN2S. The Bertz CT molecular complexity index is 830. The number of halogens is 1. The van der Waals surface area contributed by atoms with E-state index in [1.807, 2.05) is 35.8 Å². The van der Waals surface area contributed by atoms with Crippen molar-refractivity contribution < 1.29 is 0 Å². The van der Waals surface area contributed by atoms with Crippen molar-refractivity contribution in [3.05, 3.63) is 57.3 Å². The molecule has 0 aliphatic rings. The van der Waals surface area contributed by atoms with Gasteiger partial charge in [-0.1, -0.05) is 29.8 Å². The lowest BCUT2D eigenvalue weighted by Crippen LogP contribution is -1.94. The van der Waals surface area contributed by atoms with Crippen molar-refractivity contribution in [3.63, 3.8) is 0 Å². The third kappa shape index (κ3) is 1.99. The van der Waals surface area contributed by atoms with Gasteiger partial charge in [-0.2, -0.15) is 0 Å². The summed E-state index contributed by atoms with van der Waals surface area (Å²) in [5.74, 6) is 0. The van der Waals surface area contributed by atoms with Gasteiger partial charge in [0.05, 0.1) is 11.0 Å². The fourth-order valence-electron chi connectivity index (χ4n) is 2.25. The molecule has 0 unspecified atom stereocenters. The first-order chi connectivity index (χ1) is 9.08. The zero-order valence-electron chi connectivity index (χ0n) is 10.7. The Morgan fingerprint density at radius 3 is 2.63 bits per heavy atom. The van der Waals surface area contributed by atoms with E-state index in [1.54, 1.807) is 0 Å². The van der Waals surface area contributed by atoms with E-state index < -0.39 is 0 Å². The van der Waals surface area contributed by atoms with Crippen molar-refractivity contribution in [2.75, 3.05) is 0 Å². The van der Waals surface area contributed by atoms with Crippen molar-refractivity contribution in [3.8, 4) is 5.69 Å². The number of aromatic amines is 1. The average molecular weight is 289 g/mol. The van der Waals surface area contributed by atoms with Crippen LogP contribution < -0.4 is 0 Å². The maximum Gasteiger partial charge on any atom is 0.182 e. The van der Waals surface area contributed by atoms with E-state index in [0.29, 0.717) is 4.77 Å². The molecule has 3 aromatic rings. The SMILES string of the molecule is Cc1ccc(-n2c(=S)[nH]c3c(C)cccc32)cc1Cl. The van der Waals surface area contributed by atoms with Crippen LogP contribution in [0.4, 0.5) is 0 Å². The van der Waals surface area contributed by atoms with Gasteiger partial charge in [-0.25, -0.2) is 0 Å². The summed E-state index contributed by atoms with van der Waals surface area (Å²) in [6.45, 7) is 4.06. The van der Waals surface area contributed by atoms with Crippen molar-refractivity contribution in [2.45, 2.75) is 13.8 Å². The summed E-state index contributed by atoms with van der Waals surface area (Å²) in [4.78, 5) is 3.26. The number of benzene rings is 2. The number of aromatic nitrogens is 2. The Morgan fingerprint density at radius 2 is 1.89 bits per heavy atom. The molecule has 0 fully saturated rings. The molecule has 2 aromatic carbocycles. The maximum atomic E-state index is 6.21. The number of imidazole rings is 1. The van der Waals surface area contributed by atoms with E-state index in [4.69, 9.17) is 23.8 Å². The Kier molecular flexibility index (Phi) is 2.96. The van der Waals surface area contributed by atoms with Gasteiger partial charge in [-0.05, 0) is 55.4 Å². The molecule has 1 heterocycles. The zero-order chi connectivity index (χ0) is 13.6. The molecule has 2 nitrogen and oxygen atoms in total. The number of nitrogens with one attached hydrogen (secondary N) is 1. The minimum absolute atomic E-state index is 0.684. The number of fused-ring (bicyclic) bond motifs is 1. The van der Waals surface area contributed by atoms with E-state index in [9.17, 15) is 0 Å². The summed E-state index contributed by atoms with van der Waals surface area (Å²) < 4.78 is 2.70. The Hall–Kier alpha value is -1.58. The number of nitrogens with zero attached hydrogens (tertiary/aromatic N) is 1. The first-order valence-electron chi connectivity index (χ1n) is 6.05. The number of para-hydroxylation sites is 1. The largest absolute Gasteiger partial charge is 0.330 e. The van der Waals surface area contributed by atoms with Crippen molar-refractivity contribution in [2.24, 2.45) is 0 Å². The topological polar surface area (TPSA) is 20.7 Å². The Morgan fingerprint density at radius 1 is 1.11 bits per heavy atom. The molecule has 0 saturated heterocycles. The second-order valence-electron chi connectivity index (χ2n) is 4.67. The summed E-state index contributed by atoms with van der Waals surface area (Å²) in [6, 6.07) is 12.2. The van der Waals surface area contributed by atoms with Crippen LogP contribution in [0.25, 0.3) is 16.7 Å². The van der Waals surface area contributed by atoms with Gasteiger partial charge < -0.3 is 4.98 Å². The highest BCUT2D eigenvalue weighted by Crippen LogP contribution is 2.25. The molecule has 0 aliphatic carbocycles. The van der Waals surface area contributed by atoms with Crippen LogP contribution in [0.2, 0.25) is 5.02 Å². The van der Waals surface area contributed by atoms with Crippen LogP contribution in [0.5, 0.6) is 0 Å². The minimum Gasteiger partial charge on any atom is -0.330 e. The zero-order valence-corrected chi connectivity index (χ0v) is 12.3. The summed E-state index contributed by atoms with van der Waals surface area (Å²) in [7, 11) is 0. The summed E-state index contributed by atoms with van der Waals surface area (Å²) in [6.07, 6.45) is 0. The lowest BCUT2D eigenvalue weighted by Gasteiger charge is -2.07. The van der Waals surface area contributed by atoms with Crippen molar-refractivity contribution in [1.82, 2.24) is 9.55 Å². The van der Waals surface area contributed by atoms with Gasteiger partial charge in [0, 0.05) is 10.7 Å². The average Bonchev–Trinajstić information content (AvgIpc) is 2.71. The maximum absolute atomic E-state index is 6.21. The van der Waals surface area contributed by atoms with E-state index in [1.165, 1.54) is 5.56 Å². The van der Waals surface area contributed by atoms with Crippen LogP contribution in [0.3, 0.4) is 0 Å². The van der Waals surface area contributed by atoms with E-state index in [0.717, 1.165) is 27.3 Å². The second-order valence-corrected chi connectivity index (χ2v) is 5.46. The Balaban J connectivity index is 2.36. The molecule has 0 bridgehead atoms. The predicted octanol–water partition coefficient (Wildman–Crippen LogP) is 4.96. The van der Waals surface area contributed by atoms with E-state index >= 15 is 0 Å². The molecular weight excluding hydrogens is 276 g/mol. The fourth-order valence-corrected chi connectivity index (χ4v) is 2.73. The lowest BCUT2D eigenvalue weighted by atomic mass is 10.2. The van der Waals surface area contributed by atoms with E-state index in [-0.39, 0.29) is 0 Å². The third-order valence-corrected chi connectivity index (χ3v) is 4.03. The molecule has 96 valence electrons. The van der Waals surface area contributed by atoms with Crippen LogP contribution in [-0.4, -0.2) is 9.55 Å². The standard InChI is InChI=1S/C15H13ClN2S/c1-9-6-7-11(8-12(9)16)18-13-5-3-4-10(2)14(13)17-15(18)19/h3-8H,1-2H3,(H,17,19). The smallest absolute Gasteiger partial charge is 0.182 e. The fraction of sp³-hybridized carbons (Fsp3) is 0.133. The normalized spacial score (nSPS) is 11.1. The molecule has 0 atom stereocenters. The van der Waals surface area contributed by atoms with Gasteiger partial charge in [-0.3, -0.25) is 4.57 Å². The van der Waals surface area contributed by atoms with E-state index in [2.05, 4.69) is 24.0 Å². The monoisotopic (exact) mass is 288 g/mol. The number of aryl methyl sites for hydroxylation is 2. The molecule has 0 spiro atoms.